The number of carbonyl (C=O) groups is 1. The number of carbonyl (C=O) groups excluding carboxylic acids is 1. The number of aryl methyl sites for hydroxylation is 2. The third kappa shape index (κ3) is 3.45. The highest BCUT2D eigenvalue weighted by Crippen LogP contribution is 2.23. The molecule has 5 nitrogen and oxygen atoms in total. The Labute approximate surface area is 101 Å². The van der Waals surface area contributed by atoms with Crippen molar-refractivity contribution in [2.24, 2.45) is 5.73 Å². The molecule has 1 aromatic carbocycles. The summed E-state index contributed by atoms with van der Waals surface area (Å²) in [7, 11) is -3.52. The first-order chi connectivity index (χ1) is 7.71. The monoisotopic (exact) mass is 256 g/mol. The Hall–Kier alpha value is -1.56. The van der Waals surface area contributed by atoms with Crippen molar-refractivity contribution in [3.63, 3.8) is 0 Å². The van der Waals surface area contributed by atoms with Gasteiger partial charge in [0.05, 0.1) is 11.9 Å². The lowest BCUT2D eigenvalue weighted by Crippen LogP contribution is -2.38. The van der Waals surface area contributed by atoms with Crippen LogP contribution in [-0.4, -0.2) is 27.1 Å². The third-order valence-electron chi connectivity index (χ3n) is 2.32. The Morgan fingerprint density at radius 3 is 2.35 bits per heavy atom. The molecule has 1 amide bonds. The van der Waals surface area contributed by atoms with Crippen molar-refractivity contribution in [1.29, 1.82) is 0 Å². The lowest BCUT2D eigenvalue weighted by Gasteiger charge is -2.22. The minimum Gasteiger partial charge on any atom is -0.368 e. The Balaban J connectivity index is 3.27. The number of anilines is 1. The summed E-state index contributed by atoms with van der Waals surface area (Å²) in [6, 6.07) is 5.32. The zero-order chi connectivity index (χ0) is 13.2. The summed E-state index contributed by atoms with van der Waals surface area (Å²) in [5.41, 5.74) is 7.36. The van der Waals surface area contributed by atoms with E-state index >= 15 is 0 Å². The highest BCUT2D eigenvalue weighted by atomic mass is 32.2. The molecule has 0 aliphatic rings. The molecule has 0 aliphatic carbocycles. The van der Waals surface area contributed by atoms with Crippen LogP contribution in [0.5, 0.6) is 0 Å². The SMILES string of the molecule is Cc1ccc(N(CC(N)=O)S(C)(=O)=O)c(C)c1. The summed E-state index contributed by atoms with van der Waals surface area (Å²) >= 11 is 0. The van der Waals surface area contributed by atoms with Crippen LogP contribution in [0.25, 0.3) is 0 Å². The number of sulfonamides is 1. The molecule has 0 heterocycles. The largest absolute Gasteiger partial charge is 0.368 e. The zero-order valence-electron chi connectivity index (χ0n) is 10.1. The first-order valence-corrected chi connectivity index (χ1v) is 6.90. The lowest BCUT2D eigenvalue weighted by molar-refractivity contribution is -0.116. The molecule has 0 bridgehead atoms. The van der Waals surface area contributed by atoms with Crippen LogP contribution in [0, 0.1) is 13.8 Å². The van der Waals surface area contributed by atoms with E-state index in [0.29, 0.717) is 5.69 Å². The second kappa shape index (κ2) is 4.75. The summed E-state index contributed by atoms with van der Waals surface area (Å²) < 4.78 is 24.3. The molecule has 1 rings (SSSR count). The van der Waals surface area contributed by atoms with E-state index in [2.05, 4.69) is 0 Å². The standard InChI is InChI=1S/C11H16N2O3S/c1-8-4-5-10(9(2)6-8)13(7-11(12)14)17(3,15)16/h4-6H,7H2,1-3H3,(H2,12,14). The van der Waals surface area contributed by atoms with Gasteiger partial charge in [0.15, 0.2) is 0 Å². The van der Waals surface area contributed by atoms with Crippen LogP contribution >= 0.6 is 0 Å². The molecule has 17 heavy (non-hydrogen) atoms. The van der Waals surface area contributed by atoms with Crippen molar-refractivity contribution in [3.05, 3.63) is 29.3 Å². The molecule has 0 radical (unpaired) electrons. The number of nitrogens with zero attached hydrogens (tertiary/aromatic N) is 1. The van der Waals surface area contributed by atoms with Gasteiger partial charge in [0, 0.05) is 0 Å². The van der Waals surface area contributed by atoms with Gasteiger partial charge in [-0.25, -0.2) is 8.42 Å². The van der Waals surface area contributed by atoms with Gasteiger partial charge in [-0.05, 0) is 25.5 Å². The minimum atomic E-state index is -3.52. The molecule has 1 aromatic rings. The van der Waals surface area contributed by atoms with E-state index in [-0.39, 0.29) is 6.54 Å². The Kier molecular flexibility index (Phi) is 3.77. The van der Waals surface area contributed by atoms with Crippen LogP contribution in [-0.2, 0) is 14.8 Å². The number of hydrogen-bond acceptors (Lipinski definition) is 3. The van der Waals surface area contributed by atoms with Gasteiger partial charge in [-0.1, -0.05) is 17.7 Å². The first kappa shape index (κ1) is 13.5. The third-order valence-corrected chi connectivity index (χ3v) is 3.45. The number of hydrogen-bond donors (Lipinski definition) is 1. The fraction of sp³-hybridized carbons (Fsp3) is 0.364. The quantitative estimate of drug-likeness (QED) is 0.854. The molecule has 0 fully saturated rings. The van der Waals surface area contributed by atoms with Crippen molar-refractivity contribution in [3.8, 4) is 0 Å². The molecule has 0 saturated heterocycles. The molecular formula is C11H16N2O3S. The molecule has 6 heteroatoms. The number of rotatable bonds is 4. The molecule has 0 aliphatic heterocycles. The fourth-order valence-electron chi connectivity index (χ4n) is 1.61. The number of primary amides is 1. The van der Waals surface area contributed by atoms with E-state index < -0.39 is 15.9 Å². The van der Waals surface area contributed by atoms with Crippen LogP contribution in [0.2, 0.25) is 0 Å². The minimum absolute atomic E-state index is 0.345. The van der Waals surface area contributed by atoms with Crippen molar-refractivity contribution in [2.75, 3.05) is 17.1 Å². The van der Waals surface area contributed by atoms with E-state index in [9.17, 15) is 13.2 Å². The van der Waals surface area contributed by atoms with Crippen LogP contribution in [0.1, 0.15) is 11.1 Å². The number of benzene rings is 1. The predicted octanol–water partition coefficient (Wildman–Crippen LogP) is 0.555. The van der Waals surface area contributed by atoms with Crippen molar-refractivity contribution in [1.82, 2.24) is 0 Å². The van der Waals surface area contributed by atoms with Crippen molar-refractivity contribution in [2.45, 2.75) is 13.8 Å². The molecule has 0 atom stereocenters. The van der Waals surface area contributed by atoms with Crippen LogP contribution in [0.15, 0.2) is 18.2 Å². The Morgan fingerprint density at radius 1 is 1.35 bits per heavy atom. The average molecular weight is 256 g/mol. The van der Waals surface area contributed by atoms with Crippen LogP contribution < -0.4 is 10.0 Å². The summed E-state index contributed by atoms with van der Waals surface area (Å²) in [6.45, 7) is 3.36. The van der Waals surface area contributed by atoms with Gasteiger partial charge in [-0.15, -0.1) is 0 Å². The second-order valence-electron chi connectivity index (χ2n) is 4.03. The normalized spacial score (nSPS) is 11.2. The van der Waals surface area contributed by atoms with Crippen LogP contribution in [0.3, 0.4) is 0 Å². The van der Waals surface area contributed by atoms with Crippen LogP contribution in [0.4, 0.5) is 5.69 Å². The second-order valence-corrected chi connectivity index (χ2v) is 5.93. The molecule has 94 valence electrons. The highest BCUT2D eigenvalue weighted by molar-refractivity contribution is 7.92. The topological polar surface area (TPSA) is 80.5 Å². The maximum Gasteiger partial charge on any atom is 0.238 e. The smallest absolute Gasteiger partial charge is 0.238 e. The first-order valence-electron chi connectivity index (χ1n) is 5.05. The molecule has 0 saturated carbocycles. The zero-order valence-corrected chi connectivity index (χ0v) is 10.9. The molecule has 0 spiro atoms. The summed E-state index contributed by atoms with van der Waals surface area (Å²) in [4.78, 5) is 10.9. The molecule has 0 unspecified atom stereocenters. The summed E-state index contributed by atoms with van der Waals surface area (Å²) in [5, 5.41) is 0. The Bertz CT molecular complexity index is 538. The van der Waals surface area contributed by atoms with Gasteiger partial charge in [-0.2, -0.15) is 0 Å². The summed E-state index contributed by atoms with van der Waals surface area (Å²) in [6.07, 6.45) is 1.05. The van der Waals surface area contributed by atoms with Gasteiger partial charge in [0.1, 0.15) is 6.54 Å². The highest BCUT2D eigenvalue weighted by Gasteiger charge is 2.20. The average Bonchev–Trinajstić information content (AvgIpc) is 2.13. The maximum absolute atomic E-state index is 11.6. The van der Waals surface area contributed by atoms with Crippen molar-refractivity contribution >= 4 is 21.6 Å². The van der Waals surface area contributed by atoms with E-state index in [1.54, 1.807) is 19.1 Å². The maximum atomic E-state index is 11.6. The Morgan fingerprint density at radius 2 is 1.94 bits per heavy atom. The summed E-state index contributed by atoms with van der Waals surface area (Å²) in [5.74, 6) is -0.685. The number of amides is 1. The lowest BCUT2D eigenvalue weighted by atomic mass is 10.1. The van der Waals surface area contributed by atoms with Crippen molar-refractivity contribution < 1.29 is 13.2 Å². The molecular weight excluding hydrogens is 240 g/mol. The molecule has 0 aromatic heterocycles. The fourth-order valence-corrected chi connectivity index (χ4v) is 2.53. The van der Waals surface area contributed by atoms with E-state index in [0.717, 1.165) is 21.7 Å². The van der Waals surface area contributed by atoms with Gasteiger partial charge in [-0.3, -0.25) is 9.10 Å². The number of nitrogens with two attached hydrogens (primary N) is 1. The van der Waals surface area contributed by atoms with Gasteiger partial charge < -0.3 is 5.73 Å². The van der Waals surface area contributed by atoms with Gasteiger partial charge >= 0.3 is 0 Å². The van der Waals surface area contributed by atoms with E-state index in [1.807, 2.05) is 13.0 Å². The van der Waals surface area contributed by atoms with Gasteiger partial charge in [0.25, 0.3) is 0 Å². The van der Waals surface area contributed by atoms with E-state index in [4.69, 9.17) is 5.73 Å². The molecule has 2 N–H and O–H groups in total. The predicted molar refractivity (Wildman–Crippen MR) is 67.3 cm³/mol. The van der Waals surface area contributed by atoms with Gasteiger partial charge in [0.2, 0.25) is 15.9 Å². The van der Waals surface area contributed by atoms with E-state index in [1.165, 1.54) is 0 Å².